The lowest BCUT2D eigenvalue weighted by Gasteiger charge is -2.27. The minimum Gasteiger partial charge on any atom is -0.462 e. The van der Waals surface area contributed by atoms with Crippen LogP contribution in [0.15, 0.2) is 53.4 Å². The van der Waals surface area contributed by atoms with E-state index in [0.29, 0.717) is 10.6 Å². The maximum atomic E-state index is 13.7. The molecule has 1 fully saturated rings. The van der Waals surface area contributed by atoms with Gasteiger partial charge in [0.15, 0.2) is 9.84 Å². The molecule has 3 rings (SSSR count). The number of phosphoric ester groups is 1. The number of esters is 2. The van der Waals surface area contributed by atoms with Gasteiger partial charge in [0.1, 0.15) is 37.3 Å². The van der Waals surface area contributed by atoms with Crippen LogP contribution in [0.1, 0.15) is 46.6 Å². The first-order valence-electron chi connectivity index (χ1n) is 15.0. The molecular formula is C31H41ClNO13PS. The highest BCUT2D eigenvalue weighted by Gasteiger charge is 2.46. The number of rotatable bonds is 15. The molecule has 3 unspecified atom stereocenters. The van der Waals surface area contributed by atoms with Gasteiger partial charge in [0.05, 0.1) is 28.7 Å². The van der Waals surface area contributed by atoms with Gasteiger partial charge in [-0.15, -0.1) is 0 Å². The summed E-state index contributed by atoms with van der Waals surface area (Å²) in [5.74, 6) is -1.31. The van der Waals surface area contributed by atoms with Crippen LogP contribution in [0, 0.1) is 5.41 Å². The van der Waals surface area contributed by atoms with Crippen molar-refractivity contribution >= 4 is 47.3 Å². The zero-order valence-corrected chi connectivity index (χ0v) is 30.0. The molecule has 1 heterocycles. The van der Waals surface area contributed by atoms with Gasteiger partial charge in [-0.1, -0.05) is 30.7 Å². The monoisotopic (exact) mass is 733 g/mol. The molecule has 2 aromatic carbocycles. The van der Waals surface area contributed by atoms with Gasteiger partial charge in [-0.05, 0) is 69.7 Å². The number of alkyl carbamates (subject to hydrolysis) is 1. The van der Waals surface area contributed by atoms with Crippen LogP contribution in [0.25, 0.3) is 0 Å². The number of sulfone groups is 1. The minimum absolute atomic E-state index is 0.0120. The van der Waals surface area contributed by atoms with E-state index in [9.17, 15) is 27.4 Å². The third-order valence-electron chi connectivity index (χ3n) is 6.79. The fourth-order valence-electron chi connectivity index (χ4n) is 4.20. The van der Waals surface area contributed by atoms with Crippen molar-refractivity contribution in [1.29, 1.82) is 0 Å². The molecule has 2 aromatic rings. The lowest BCUT2D eigenvalue weighted by Crippen LogP contribution is -2.47. The molecule has 1 aliphatic heterocycles. The standard InChI is InChI=1S/C31H41ClNO13PS/c1-7-27(34)42-16-21-8-12-23(13-9-21)45-47(37,40-6)46-28-25(17-41-26(28)18-43-29(35)31(3,4)5)33-30(36)44-20(2)19-48(38,39)24-14-10-22(32)11-15-24/h8-15,20,25-26,28H,7,16-19H2,1-6H3,(H,33,36)/t20?,25?,26-,28-,47?/m1/s1. The number of carbonyl (C=O) groups is 3. The molecule has 1 aliphatic rings. The molecule has 0 aromatic heterocycles. The van der Waals surface area contributed by atoms with Gasteiger partial charge < -0.3 is 28.8 Å². The Morgan fingerprint density at radius 1 is 1.06 bits per heavy atom. The van der Waals surface area contributed by atoms with Crippen LogP contribution >= 0.6 is 19.4 Å². The van der Waals surface area contributed by atoms with Gasteiger partial charge in [-0.25, -0.2) is 17.8 Å². The molecule has 0 bridgehead atoms. The van der Waals surface area contributed by atoms with Crippen molar-refractivity contribution in [3.8, 4) is 5.75 Å². The normalized spacial score (nSPS) is 19.9. The van der Waals surface area contributed by atoms with Crippen LogP contribution in [0.4, 0.5) is 4.79 Å². The molecule has 0 radical (unpaired) electrons. The van der Waals surface area contributed by atoms with Crippen molar-refractivity contribution in [2.24, 2.45) is 5.41 Å². The Bertz CT molecular complexity index is 1560. The predicted molar refractivity (Wildman–Crippen MR) is 173 cm³/mol. The summed E-state index contributed by atoms with van der Waals surface area (Å²) in [6, 6.07) is 10.7. The van der Waals surface area contributed by atoms with E-state index in [0.717, 1.165) is 7.11 Å². The van der Waals surface area contributed by atoms with E-state index in [1.807, 2.05) is 0 Å². The molecule has 1 amide bonds. The van der Waals surface area contributed by atoms with Gasteiger partial charge in [-0.2, -0.15) is 0 Å². The maximum Gasteiger partial charge on any atom is 0.530 e. The number of ether oxygens (including phenoxy) is 4. The summed E-state index contributed by atoms with van der Waals surface area (Å²) in [5.41, 5.74) is -0.176. The Morgan fingerprint density at radius 3 is 2.29 bits per heavy atom. The van der Waals surface area contributed by atoms with Gasteiger partial charge in [0.2, 0.25) is 0 Å². The van der Waals surface area contributed by atoms with Gasteiger partial charge in [0, 0.05) is 18.6 Å². The van der Waals surface area contributed by atoms with Crippen LogP contribution in [0.3, 0.4) is 0 Å². The van der Waals surface area contributed by atoms with Crippen molar-refractivity contribution in [2.45, 2.75) is 76.9 Å². The molecule has 1 saturated heterocycles. The molecule has 17 heteroatoms. The highest BCUT2D eigenvalue weighted by atomic mass is 35.5. The Morgan fingerprint density at radius 2 is 1.71 bits per heavy atom. The molecule has 0 spiro atoms. The van der Waals surface area contributed by atoms with E-state index in [1.54, 1.807) is 39.8 Å². The van der Waals surface area contributed by atoms with Crippen LogP contribution in [0.5, 0.6) is 5.75 Å². The second-order valence-electron chi connectivity index (χ2n) is 11.9. The summed E-state index contributed by atoms with van der Waals surface area (Å²) < 4.78 is 77.4. The molecule has 266 valence electrons. The van der Waals surface area contributed by atoms with Crippen molar-refractivity contribution in [2.75, 3.05) is 26.1 Å². The largest absolute Gasteiger partial charge is 0.530 e. The van der Waals surface area contributed by atoms with Crippen molar-refractivity contribution in [1.82, 2.24) is 5.32 Å². The first-order chi connectivity index (χ1) is 22.4. The first-order valence-corrected chi connectivity index (χ1v) is 18.5. The van der Waals surface area contributed by atoms with E-state index >= 15 is 0 Å². The van der Waals surface area contributed by atoms with E-state index in [4.69, 9.17) is 44.1 Å². The average Bonchev–Trinajstić information content (AvgIpc) is 3.38. The Kier molecular flexibility index (Phi) is 13.9. The van der Waals surface area contributed by atoms with Crippen LogP contribution in [0.2, 0.25) is 5.02 Å². The van der Waals surface area contributed by atoms with Crippen LogP contribution in [-0.2, 0) is 58.6 Å². The lowest BCUT2D eigenvalue weighted by atomic mass is 9.97. The van der Waals surface area contributed by atoms with Crippen LogP contribution in [-0.4, -0.2) is 76.9 Å². The molecule has 0 saturated carbocycles. The van der Waals surface area contributed by atoms with Gasteiger partial charge in [0.25, 0.3) is 0 Å². The molecule has 5 atom stereocenters. The van der Waals surface area contributed by atoms with Crippen LogP contribution < -0.4 is 9.84 Å². The Balaban J connectivity index is 1.72. The molecule has 1 N–H and O–H groups in total. The second-order valence-corrected chi connectivity index (χ2v) is 16.0. The number of nitrogens with one attached hydrogen (secondary N) is 1. The zero-order valence-electron chi connectivity index (χ0n) is 27.5. The summed E-state index contributed by atoms with van der Waals surface area (Å²) >= 11 is 5.85. The lowest BCUT2D eigenvalue weighted by molar-refractivity contribution is -0.157. The highest BCUT2D eigenvalue weighted by molar-refractivity contribution is 7.91. The molecular weight excluding hydrogens is 693 g/mol. The molecule has 14 nitrogen and oxygen atoms in total. The second kappa shape index (κ2) is 17.0. The third kappa shape index (κ3) is 11.7. The minimum atomic E-state index is -4.40. The van der Waals surface area contributed by atoms with E-state index in [-0.39, 0.29) is 42.9 Å². The predicted octanol–water partition coefficient (Wildman–Crippen LogP) is 5.26. The van der Waals surface area contributed by atoms with E-state index in [1.165, 1.54) is 43.3 Å². The number of amides is 1. The Hall–Kier alpha value is -3.20. The SMILES string of the molecule is CCC(=O)OCc1ccc(OP(=O)(OC)O[C@@H]2C(NC(=O)OC(C)CS(=O)(=O)c3ccc(Cl)cc3)CO[C@@H]2COC(=O)C(C)(C)C)cc1. The maximum absolute atomic E-state index is 13.7. The molecule has 0 aliphatic carbocycles. The molecule has 48 heavy (non-hydrogen) atoms. The number of carbonyl (C=O) groups excluding carboxylic acids is 3. The van der Waals surface area contributed by atoms with Crippen molar-refractivity contribution < 1.29 is 59.9 Å². The van der Waals surface area contributed by atoms with Gasteiger partial charge >= 0.3 is 25.9 Å². The van der Waals surface area contributed by atoms with Crippen molar-refractivity contribution in [3.63, 3.8) is 0 Å². The third-order valence-corrected chi connectivity index (χ3v) is 10.3. The topological polar surface area (TPSA) is 179 Å². The summed E-state index contributed by atoms with van der Waals surface area (Å²) in [6.45, 7) is 7.62. The summed E-state index contributed by atoms with van der Waals surface area (Å²) in [6.07, 6.45) is -4.10. The van der Waals surface area contributed by atoms with Gasteiger partial charge in [-0.3, -0.25) is 18.6 Å². The number of halogens is 1. The summed E-state index contributed by atoms with van der Waals surface area (Å²) in [5, 5.41) is 2.92. The fourth-order valence-corrected chi connectivity index (χ4v) is 6.92. The average molecular weight is 734 g/mol. The number of hydrogen-bond donors (Lipinski definition) is 1. The van der Waals surface area contributed by atoms with E-state index in [2.05, 4.69) is 5.32 Å². The summed E-state index contributed by atoms with van der Waals surface area (Å²) in [7, 11) is -7.12. The number of hydrogen-bond acceptors (Lipinski definition) is 13. The number of phosphoric acid groups is 1. The summed E-state index contributed by atoms with van der Waals surface area (Å²) in [4.78, 5) is 36.8. The fraction of sp³-hybridized carbons (Fsp3) is 0.516. The first kappa shape index (κ1) is 39.2. The number of benzene rings is 2. The zero-order chi connectivity index (χ0) is 35.7. The Labute approximate surface area is 285 Å². The quantitative estimate of drug-likeness (QED) is 0.143. The smallest absolute Gasteiger partial charge is 0.462 e. The van der Waals surface area contributed by atoms with E-state index < -0.39 is 65.2 Å². The van der Waals surface area contributed by atoms with Crippen molar-refractivity contribution in [3.05, 3.63) is 59.1 Å². The highest BCUT2D eigenvalue weighted by Crippen LogP contribution is 2.51.